The van der Waals surface area contributed by atoms with Crippen LogP contribution in [0.2, 0.25) is 0 Å². The van der Waals surface area contributed by atoms with E-state index >= 15 is 0 Å². The molecule has 6 nitrogen and oxygen atoms in total. The lowest BCUT2D eigenvalue weighted by Gasteiger charge is -2.06. The molecule has 2 rings (SSSR count). The Labute approximate surface area is 120 Å². The number of hydrogen-bond donors (Lipinski definition) is 3. The summed E-state index contributed by atoms with van der Waals surface area (Å²) in [5.41, 5.74) is 0.496. The third-order valence-electron chi connectivity index (χ3n) is 2.64. The van der Waals surface area contributed by atoms with Gasteiger partial charge >= 0.3 is 0 Å². The summed E-state index contributed by atoms with van der Waals surface area (Å²) in [6, 6.07) is 3.71. The standard InChI is InChI=1S/C14H13FN4O2/c15-11-3-4-12(10(8-11)2-1-7-20)14(21)16-6-5-13-17-9-18-19-13/h3-4,8-9,20H,5-7H2,(H,16,21)(H,17,18,19). The van der Waals surface area contributed by atoms with Crippen LogP contribution in [0.5, 0.6) is 0 Å². The monoisotopic (exact) mass is 288 g/mol. The first-order valence-electron chi connectivity index (χ1n) is 6.22. The Bertz CT molecular complexity index is 674. The number of aromatic amines is 1. The van der Waals surface area contributed by atoms with Crippen LogP contribution in [0.3, 0.4) is 0 Å². The average molecular weight is 288 g/mol. The molecule has 0 radical (unpaired) electrons. The molecule has 7 heteroatoms. The van der Waals surface area contributed by atoms with Gasteiger partial charge in [0.15, 0.2) is 0 Å². The van der Waals surface area contributed by atoms with E-state index in [0.29, 0.717) is 18.8 Å². The molecular formula is C14H13FN4O2. The highest BCUT2D eigenvalue weighted by atomic mass is 19.1. The molecular weight excluding hydrogens is 275 g/mol. The number of hydrogen-bond acceptors (Lipinski definition) is 4. The normalized spacial score (nSPS) is 9.81. The van der Waals surface area contributed by atoms with Crippen molar-refractivity contribution in [3.8, 4) is 11.8 Å². The molecule has 1 amide bonds. The van der Waals surface area contributed by atoms with E-state index in [1.165, 1.54) is 18.5 Å². The summed E-state index contributed by atoms with van der Waals surface area (Å²) in [5, 5.41) is 17.8. The van der Waals surface area contributed by atoms with E-state index in [4.69, 9.17) is 5.11 Å². The van der Waals surface area contributed by atoms with Crippen LogP contribution in [-0.4, -0.2) is 39.3 Å². The van der Waals surface area contributed by atoms with Crippen molar-refractivity contribution in [1.29, 1.82) is 0 Å². The molecule has 0 bridgehead atoms. The van der Waals surface area contributed by atoms with Gasteiger partial charge in [-0.1, -0.05) is 11.8 Å². The van der Waals surface area contributed by atoms with Gasteiger partial charge < -0.3 is 10.4 Å². The predicted molar refractivity (Wildman–Crippen MR) is 72.8 cm³/mol. The molecule has 0 saturated carbocycles. The molecule has 2 aromatic rings. The van der Waals surface area contributed by atoms with E-state index < -0.39 is 5.82 Å². The van der Waals surface area contributed by atoms with Gasteiger partial charge in [0.2, 0.25) is 0 Å². The van der Waals surface area contributed by atoms with Crippen LogP contribution in [0.1, 0.15) is 21.7 Å². The molecule has 1 aromatic carbocycles. The van der Waals surface area contributed by atoms with Crippen molar-refractivity contribution in [1.82, 2.24) is 20.5 Å². The van der Waals surface area contributed by atoms with Crippen LogP contribution < -0.4 is 5.32 Å². The summed E-state index contributed by atoms with van der Waals surface area (Å²) in [5.74, 6) is 4.77. The Morgan fingerprint density at radius 3 is 3.05 bits per heavy atom. The molecule has 0 fully saturated rings. The Balaban J connectivity index is 2.04. The number of benzene rings is 1. The molecule has 0 aliphatic heterocycles. The highest BCUT2D eigenvalue weighted by Crippen LogP contribution is 2.10. The minimum Gasteiger partial charge on any atom is -0.384 e. The SMILES string of the molecule is O=C(NCCc1ncn[nH]1)c1ccc(F)cc1C#CCO. The fourth-order valence-electron chi connectivity index (χ4n) is 1.69. The maximum atomic E-state index is 13.2. The second-order valence-corrected chi connectivity index (χ2v) is 4.09. The summed E-state index contributed by atoms with van der Waals surface area (Å²) >= 11 is 0. The second-order valence-electron chi connectivity index (χ2n) is 4.09. The first-order chi connectivity index (χ1) is 10.2. The maximum absolute atomic E-state index is 13.2. The van der Waals surface area contributed by atoms with Crippen molar-refractivity contribution in [3.05, 3.63) is 47.3 Å². The maximum Gasteiger partial charge on any atom is 0.252 e. The number of carbonyl (C=O) groups is 1. The lowest BCUT2D eigenvalue weighted by atomic mass is 10.1. The number of H-pyrrole nitrogens is 1. The average Bonchev–Trinajstić information content (AvgIpc) is 2.98. The zero-order valence-corrected chi connectivity index (χ0v) is 11.1. The fourth-order valence-corrected chi connectivity index (χ4v) is 1.69. The molecule has 0 unspecified atom stereocenters. The van der Waals surface area contributed by atoms with Crippen LogP contribution in [0.4, 0.5) is 4.39 Å². The number of nitrogens with zero attached hydrogens (tertiary/aromatic N) is 2. The number of nitrogens with one attached hydrogen (secondary N) is 2. The molecule has 1 aromatic heterocycles. The Morgan fingerprint density at radius 1 is 1.48 bits per heavy atom. The first kappa shape index (κ1) is 14.7. The fraction of sp³-hybridized carbons (Fsp3) is 0.214. The van der Waals surface area contributed by atoms with Gasteiger partial charge in [-0.15, -0.1) is 0 Å². The Morgan fingerprint density at radius 2 is 2.33 bits per heavy atom. The van der Waals surface area contributed by atoms with E-state index in [-0.39, 0.29) is 23.6 Å². The van der Waals surface area contributed by atoms with Crippen molar-refractivity contribution in [2.45, 2.75) is 6.42 Å². The third-order valence-corrected chi connectivity index (χ3v) is 2.64. The zero-order chi connectivity index (χ0) is 15.1. The van der Waals surface area contributed by atoms with Crippen LogP contribution in [-0.2, 0) is 6.42 Å². The van der Waals surface area contributed by atoms with E-state index in [0.717, 1.165) is 6.07 Å². The topological polar surface area (TPSA) is 90.9 Å². The predicted octanol–water partition coefficient (Wildman–Crippen LogP) is 0.260. The van der Waals surface area contributed by atoms with Gasteiger partial charge in [-0.25, -0.2) is 9.37 Å². The van der Waals surface area contributed by atoms with Crippen LogP contribution in [0.15, 0.2) is 24.5 Å². The van der Waals surface area contributed by atoms with Crippen LogP contribution in [0, 0.1) is 17.7 Å². The minimum absolute atomic E-state index is 0.237. The molecule has 0 aliphatic rings. The van der Waals surface area contributed by atoms with Gasteiger partial charge in [-0.3, -0.25) is 9.89 Å². The Hall–Kier alpha value is -2.72. The molecule has 108 valence electrons. The summed E-state index contributed by atoms with van der Waals surface area (Å²) in [6.45, 7) is 0.00133. The van der Waals surface area contributed by atoms with Gasteiger partial charge in [-0.2, -0.15) is 5.10 Å². The largest absolute Gasteiger partial charge is 0.384 e. The van der Waals surface area contributed by atoms with Gasteiger partial charge in [-0.05, 0) is 18.2 Å². The highest BCUT2D eigenvalue weighted by molar-refractivity contribution is 5.96. The zero-order valence-electron chi connectivity index (χ0n) is 11.1. The number of aliphatic hydroxyl groups is 1. The molecule has 0 atom stereocenters. The first-order valence-corrected chi connectivity index (χ1v) is 6.22. The lowest BCUT2D eigenvalue weighted by molar-refractivity contribution is 0.0953. The lowest BCUT2D eigenvalue weighted by Crippen LogP contribution is -2.26. The van der Waals surface area contributed by atoms with Gasteiger partial charge in [0.05, 0.1) is 5.56 Å². The van der Waals surface area contributed by atoms with Crippen molar-refractivity contribution in [2.75, 3.05) is 13.2 Å². The minimum atomic E-state index is -0.490. The quantitative estimate of drug-likeness (QED) is 0.704. The second kappa shape index (κ2) is 7.17. The summed E-state index contributed by atoms with van der Waals surface area (Å²) in [7, 11) is 0. The number of amides is 1. The summed E-state index contributed by atoms with van der Waals surface area (Å²) in [4.78, 5) is 16.0. The molecule has 0 saturated heterocycles. The third kappa shape index (κ3) is 4.12. The molecule has 1 heterocycles. The van der Waals surface area contributed by atoms with E-state index in [1.54, 1.807) is 0 Å². The molecule has 0 aliphatic carbocycles. The van der Waals surface area contributed by atoms with Crippen LogP contribution in [0.25, 0.3) is 0 Å². The summed E-state index contributed by atoms with van der Waals surface area (Å²) in [6.07, 6.45) is 1.89. The summed E-state index contributed by atoms with van der Waals surface area (Å²) < 4.78 is 13.2. The van der Waals surface area contributed by atoms with Gasteiger partial charge in [0, 0.05) is 18.5 Å². The van der Waals surface area contributed by atoms with Gasteiger partial charge in [0.25, 0.3) is 5.91 Å². The van der Waals surface area contributed by atoms with Crippen molar-refractivity contribution >= 4 is 5.91 Å². The molecule has 0 spiro atoms. The van der Waals surface area contributed by atoms with Crippen molar-refractivity contribution in [2.24, 2.45) is 0 Å². The smallest absolute Gasteiger partial charge is 0.252 e. The van der Waals surface area contributed by atoms with E-state index in [9.17, 15) is 9.18 Å². The van der Waals surface area contributed by atoms with Crippen molar-refractivity contribution < 1.29 is 14.3 Å². The van der Waals surface area contributed by atoms with Crippen molar-refractivity contribution in [3.63, 3.8) is 0 Å². The number of aromatic nitrogens is 3. The number of halogens is 1. The van der Waals surface area contributed by atoms with Crippen LogP contribution >= 0.6 is 0 Å². The molecule has 3 N–H and O–H groups in total. The number of aliphatic hydroxyl groups excluding tert-OH is 1. The Kier molecular flexibility index (Phi) is 5.01. The number of carbonyl (C=O) groups excluding carboxylic acids is 1. The van der Waals surface area contributed by atoms with Gasteiger partial charge in [0.1, 0.15) is 24.6 Å². The van der Waals surface area contributed by atoms with E-state index in [1.807, 2.05) is 0 Å². The number of rotatable bonds is 4. The van der Waals surface area contributed by atoms with E-state index in [2.05, 4.69) is 32.3 Å². The highest BCUT2D eigenvalue weighted by Gasteiger charge is 2.11. The molecule has 21 heavy (non-hydrogen) atoms.